The number of benzene rings is 2. The zero-order chi connectivity index (χ0) is 20.4. The Kier molecular flexibility index (Phi) is 5.56. The van der Waals surface area contributed by atoms with Crippen LogP contribution in [0, 0.1) is 6.92 Å². The van der Waals surface area contributed by atoms with Gasteiger partial charge in [0.1, 0.15) is 0 Å². The maximum atomic E-state index is 9.25. The zero-order valence-electron chi connectivity index (χ0n) is 17.3. The first-order valence-corrected chi connectivity index (χ1v) is 10.0. The first-order chi connectivity index (χ1) is 14.0. The summed E-state index contributed by atoms with van der Waals surface area (Å²) >= 11 is 0. The summed E-state index contributed by atoms with van der Waals surface area (Å²) in [5.74, 6) is 0.995. The van der Waals surface area contributed by atoms with Crippen LogP contribution in [0.1, 0.15) is 11.1 Å². The molecule has 0 aromatic heterocycles. The number of hydrogen-bond acceptors (Lipinski definition) is 6. The lowest BCUT2D eigenvalue weighted by Crippen LogP contribution is -2.44. The zero-order valence-corrected chi connectivity index (χ0v) is 17.3. The van der Waals surface area contributed by atoms with Crippen LogP contribution in [-0.2, 0) is 6.54 Å². The quantitative estimate of drug-likeness (QED) is 0.792. The summed E-state index contributed by atoms with van der Waals surface area (Å²) in [6, 6.07) is 17.4. The highest BCUT2D eigenvalue weighted by Gasteiger charge is 2.35. The van der Waals surface area contributed by atoms with Gasteiger partial charge in [-0.1, -0.05) is 54.1 Å². The third kappa shape index (κ3) is 4.13. The molecule has 0 saturated carbocycles. The molecule has 2 aliphatic heterocycles. The third-order valence-corrected chi connectivity index (χ3v) is 5.35. The molecule has 2 aromatic rings. The van der Waals surface area contributed by atoms with Crippen molar-refractivity contribution in [1.82, 2.24) is 20.0 Å². The molecule has 2 aromatic carbocycles. The smallest absolute Gasteiger partial charge is 0.179 e. The molecule has 1 atom stereocenters. The minimum absolute atomic E-state index is 0.0925. The van der Waals surface area contributed by atoms with Gasteiger partial charge in [0.15, 0.2) is 12.1 Å². The van der Waals surface area contributed by atoms with E-state index in [1.807, 2.05) is 0 Å². The summed E-state index contributed by atoms with van der Waals surface area (Å²) < 4.78 is 0. The predicted molar refractivity (Wildman–Crippen MR) is 117 cm³/mol. The van der Waals surface area contributed by atoms with Crippen LogP contribution in [-0.4, -0.2) is 65.8 Å². The molecule has 0 radical (unpaired) electrons. The van der Waals surface area contributed by atoms with Crippen LogP contribution in [0.3, 0.4) is 0 Å². The van der Waals surface area contributed by atoms with Crippen LogP contribution in [0.25, 0.3) is 11.1 Å². The summed E-state index contributed by atoms with van der Waals surface area (Å²) in [6.07, 6.45) is 1.98. The van der Waals surface area contributed by atoms with Gasteiger partial charge in [0.25, 0.3) is 0 Å². The summed E-state index contributed by atoms with van der Waals surface area (Å²) in [7, 11) is 4.13. The average Bonchev–Trinajstić information content (AvgIpc) is 3.05. The summed E-state index contributed by atoms with van der Waals surface area (Å²) in [6.45, 7) is 4.27. The number of aliphatic hydroxyl groups excluding tert-OH is 1. The molecule has 0 amide bonds. The van der Waals surface area contributed by atoms with Crippen LogP contribution in [0.4, 0.5) is 0 Å². The highest BCUT2D eigenvalue weighted by atomic mass is 16.3. The van der Waals surface area contributed by atoms with Gasteiger partial charge in [-0.05, 0) is 23.6 Å². The van der Waals surface area contributed by atoms with Gasteiger partial charge in [-0.15, -0.1) is 0 Å². The molecule has 6 heteroatoms. The van der Waals surface area contributed by atoms with Crippen molar-refractivity contribution in [2.24, 2.45) is 4.99 Å². The van der Waals surface area contributed by atoms with E-state index in [-0.39, 0.29) is 12.9 Å². The molecular weight excluding hydrogens is 362 g/mol. The molecule has 152 valence electrons. The largest absolute Gasteiger partial charge is 0.395 e. The molecule has 0 aliphatic carbocycles. The van der Waals surface area contributed by atoms with Crippen molar-refractivity contribution in [2.45, 2.75) is 19.8 Å². The molecule has 0 spiro atoms. The topological polar surface area (TPSA) is 54.3 Å². The Balaban J connectivity index is 1.55. The normalized spacial score (nSPS) is 18.6. The number of nitrogens with one attached hydrogen (secondary N) is 1. The van der Waals surface area contributed by atoms with Gasteiger partial charge in [-0.3, -0.25) is 5.32 Å². The van der Waals surface area contributed by atoms with Crippen LogP contribution in [0.5, 0.6) is 0 Å². The number of aliphatic hydroxyl groups is 1. The molecule has 29 heavy (non-hydrogen) atoms. The van der Waals surface area contributed by atoms with Gasteiger partial charge in [0.05, 0.1) is 19.0 Å². The number of fused-ring (bicyclic) bond motifs is 1. The Hall–Kier alpha value is -2.83. The van der Waals surface area contributed by atoms with E-state index >= 15 is 0 Å². The van der Waals surface area contributed by atoms with Crippen molar-refractivity contribution in [2.75, 3.05) is 33.9 Å². The molecule has 6 nitrogen and oxygen atoms in total. The molecular formula is C23H29N5O. The minimum Gasteiger partial charge on any atom is -0.395 e. The number of rotatable bonds is 6. The number of hydrogen-bond donors (Lipinski definition) is 2. The van der Waals surface area contributed by atoms with Crippen LogP contribution < -0.4 is 5.32 Å². The van der Waals surface area contributed by atoms with Crippen molar-refractivity contribution < 1.29 is 5.11 Å². The highest BCUT2D eigenvalue weighted by Crippen LogP contribution is 2.28. The fourth-order valence-corrected chi connectivity index (χ4v) is 3.86. The molecule has 0 saturated heterocycles. The Labute approximate surface area is 172 Å². The fraction of sp³-hybridized carbons (Fsp3) is 0.348. The molecule has 4 rings (SSSR count). The fourth-order valence-electron chi connectivity index (χ4n) is 3.86. The molecule has 2 aliphatic rings. The molecule has 2 N–H and O–H groups in total. The summed E-state index contributed by atoms with van der Waals surface area (Å²) in [5, 5.41) is 12.6. The Morgan fingerprint density at radius 2 is 1.69 bits per heavy atom. The van der Waals surface area contributed by atoms with E-state index in [2.05, 4.69) is 95.8 Å². The van der Waals surface area contributed by atoms with Gasteiger partial charge >= 0.3 is 0 Å². The van der Waals surface area contributed by atoms with E-state index in [9.17, 15) is 5.11 Å². The average molecular weight is 392 g/mol. The van der Waals surface area contributed by atoms with E-state index in [0.717, 1.165) is 24.7 Å². The van der Waals surface area contributed by atoms with Crippen molar-refractivity contribution in [3.63, 3.8) is 0 Å². The molecule has 1 unspecified atom stereocenters. The maximum absolute atomic E-state index is 9.25. The Bertz CT molecular complexity index is 904. The Morgan fingerprint density at radius 3 is 2.34 bits per heavy atom. The lowest BCUT2D eigenvalue weighted by Gasteiger charge is -2.34. The van der Waals surface area contributed by atoms with E-state index in [1.54, 1.807) is 0 Å². The maximum Gasteiger partial charge on any atom is 0.179 e. The molecule has 0 bridgehead atoms. The van der Waals surface area contributed by atoms with Gasteiger partial charge in [0, 0.05) is 33.4 Å². The third-order valence-electron chi connectivity index (χ3n) is 5.35. The van der Waals surface area contributed by atoms with Gasteiger partial charge in [0.2, 0.25) is 0 Å². The van der Waals surface area contributed by atoms with Crippen molar-refractivity contribution >= 4 is 5.84 Å². The Morgan fingerprint density at radius 1 is 1.03 bits per heavy atom. The molecule has 0 fully saturated rings. The summed E-state index contributed by atoms with van der Waals surface area (Å²) in [4.78, 5) is 11.4. The second kappa shape index (κ2) is 8.27. The van der Waals surface area contributed by atoms with Crippen molar-refractivity contribution in [1.29, 1.82) is 0 Å². The van der Waals surface area contributed by atoms with Gasteiger partial charge in [-0.2, -0.15) is 0 Å². The second-order valence-electron chi connectivity index (χ2n) is 7.81. The van der Waals surface area contributed by atoms with Gasteiger partial charge in [-0.25, -0.2) is 4.99 Å². The van der Waals surface area contributed by atoms with E-state index < -0.39 is 0 Å². The second-order valence-corrected chi connectivity index (χ2v) is 7.81. The van der Waals surface area contributed by atoms with E-state index in [0.29, 0.717) is 6.54 Å². The standard InChI is InChI=1S/C23H29N5O/c1-17-4-8-19(9-5-17)20-10-6-18(7-11-20)14-28-21-15-26(2)16-27(3)22(21)25-23(28)24-12-13-29/h4-11,15,23-24,29H,12-14,16H2,1-3H3. The predicted octanol–water partition coefficient (Wildman–Crippen LogP) is 2.42. The molecule has 2 heterocycles. The number of aliphatic imine (C=N–C) groups is 1. The number of amidine groups is 1. The number of likely N-dealkylation sites (N-methyl/N-ethyl adjacent to an activating group) is 1. The minimum atomic E-state index is -0.172. The summed E-state index contributed by atoms with van der Waals surface area (Å²) in [5.41, 5.74) is 6.06. The van der Waals surface area contributed by atoms with Crippen LogP contribution in [0.2, 0.25) is 0 Å². The lowest BCUT2D eigenvalue weighted by molar-refractivity contribution is 0.207. The first kappa shape index (κ1) is 19.5. The van der Waals surface area contributed by atoms with Crippen LogP contribution in [0.15, 0.2) is 65.4 Å². The van der Waals surface area contributed by atoms with E-state index in [4.69, 9.17) is 4.99 Å². The van der Waals surface area contributed by atoms with Crippen LogP contribution >= 0.6 is 0 Å². The van der Waals surface area contributed by atoms with Crippen molar-refractivity contribution in [3.8, 4) is 11.1 Å². The number of aryl methyl sites for hydroxylation is 1. The van der Waals surface area contributed by atoms with Crippen molar-refractivity contribution in [3.05, 3.63) is 71.6 Å². The van der Waals surface area contributed by atoms with Gasteiger partial charge < -0.3 is 19.8 Å². The van der Waals surface area contributed by atoms with E-state index in [1.165, 1.54) is 22.3 Å². The number of nitrogens with zero attached hydrogens (tertiary/aromatic N) is 4. The SMILES string of the molecule is Cc1ccc(-c2ccc(CN3C4=CN(C)CN(C)C4=NC3NCCO)cc2)cc1. The highest BCUT2D eigenvalue weighted by molar-refractivity contribution is 5.99. The first-order valence-electron chi connectivity index (χ1n) is 10.0. The monoisotopic (exact) mass is 391 g/mol. The lowest BCUT2D eigenvalue weighted by atomic mass is 10.0.